The van der Waals surface area contributed by atoms with Gasteiger partial charge in [-0.25, -0.2) is 10.8 Å². The standard InChI is InChI=1S/C10H14BrN7/c1-18-5-3-7(17-18)2-4-13-9-8(11)6-14-10(15-9)16-12/h3,5-6H,2,4,12H2,1H3,(H2,13,14,15,16). The number of aryl methyl sites for hydroxylation is 1. The molecule has 2 rings (SSSR count). The highest BCUT2D eigenvalue weighted by Gasteiger charge is 2.04. The molecule has 0 radical (unpaired) electrons. The molecule has 4 N–H and O–H groups in total. The molecule has 0 unspecified atom stereocenters. The quantitative estimate of drug-likeness (QED) is 0.561. The molecule has 0 aliphatic heterocycles. The molecule has 0 saturated carbocycles. The van der Waals surface area contributed by atoms with Gasteiger partial charge in [0, 0.05) is 32.4 Å². The zero-order valence-corrected chi connectivity index (χ0v) is 11.5. The summed E-state index contributed by atoms with van der Waals surface area (Å²) in [6.45, 7) is 0.733. The van der Waals surface area contributed by atoms with E-state index in [0.29, 0.717) is 11.8 Å². The van der Waals surface area contributed by atoms with Crippen molar-refractivity contribution in [1.82, 2.24) is 19.7 Å². The summed E-state index contributed by atoms with van der Waals surface area (Å²) < 4.78 is 2.58. The highest BCUT2D eigenvalue weighted by molar-refractivity contribution is 9.10. The van der Waals surface area contributed by atoms with Crippen LogP contribution in [-0.2, 0) is 13.5 Å². The number of nitrogens with zero attached hydrogens (tertiary/aromatic N) is 4. The number of halogens is 1. The van der Waals surface area contributed by atoms with Gasteiger partial charge in [0.25, 0.3) is 0 Å². The molecule has 2 aromatic heterocycles. The molecule has 0 spiro atoms. The Morgan fingerprint density at radius 1 is 1.50 bits per heavy atom. The van der Waals surface area contributed by atoms with Crippen molar-refractivity contribution in [3.63, 3.8) is 0 Å². The van der Waals surface area contributed by atoms with Crippen LogP contribution in [0.25, 0.3) is 0 Å². The Kier molecular flexibility index (Phi) is 4.11. The van der Waals surface area contributed by atoms with E-state index in [0.717, 1.165) is 23.1 Å². The second kappa shape index (κ2) is 5.78. The van der Waals surface area contributed by atoms with Gasteiger partial charge < -0.3 is 5.32 Å². The molecule has 7 nitrogen and oxygen atoms in total. The van der Waals surface area contributed by atoms with Gasteiger partial charge in [0.15, 0.2) is 0 Å². The van der Waals surface area contributed by atoms with E-state index in [4.69, 9.17) is 5.84 Å². The van der Waals surface area contributed by atoms with E-state index in [1.165, 1.54) is 0 Å². The van der Waals surface area contributed by atoms with Crippen LogP contribution in [0.15, 0.2) is 22.9 Å². The number of hydrogen-bond donors (Lipinski definition) is 3. The predicted octanol–water partition coefficient (Wildman–Crippen LogP) is 0.913. The van der Waals surface area contributed by atoms with Crippen molar-refractivity contribution in [1.29, 1.82) is 0 Å². The maximum atomic E-state index is 5.26. The molecule has 0 fully saturated rings. The molecular formula is C10H14BrN7. The zero-order valence-electron chi connectivity index (χ0n) is 9.89. The summed E-state index contributed by atoms with van der Waals surface area (Å²) in [6, 6.07) is 1.99. The molecule has 2 heterocycles. The highest BCUT2D eigenvalue weighted by Crippen LogP contribution is 2.19. The first-order valence-electron chi connectivity index (χ1n) is 5.40. The van der Waals surface area contributed by atoms with Crippen molar-refractivity contribution in [3.8, 4) is 0 Å². The number of rotatable bonds is 5. The Morgan fingerprint density at radius 2 is 2.33 bits per heavy atom. The summed E-state index contributed by atoms with van der Waals surface area (Å²) in [7, 11) is 1.90. The molecule has 0 amide bonds. The minimum absolute atomic E-state index is 0.374. The first-order valence-corrected chi connectivity index (χ1v) is 6.20. The van der Waals surface area contributed by atoms with Crippen molar-refractivity contribution in [2.45, 2.75) is 6.42 Å². The smallest absolute Gasteiger partial charge is 0.239 e. The molecular weight excluding hydrogens is 298 g/mol. The SMILES string of the molecule is Cn1ccc(CCNc2nc(NN)ncc2Br)n1. The van der Waals surface area contributed by atoms with E-state index in [1.54, 1.807) is 10.9 Å². The molecule has 0 atom stereocenters. The van der Waals surface area contributed by atoms with Gasteiger partial charge >= 0.3 is 0 Å². The lowest BCUT2D eigenvalue weighted by Gasteiger charge is -2.07. The third-order valence-corrected chi connectivity index (χ3v) is 2.90. The highest BCUT2D eigenvalue weighted by atomic mass is 79.9. The molecule has 0 aliphatic carbocycles. The van der Waals surface area contributed by atoms with Crippen LogP contribution in [0.2, 0.25) is 0 Å². The summed E-state index contributed by atoms with van der Waals surface area (Å²) in [4.78, 5) is 8.17. The first-order chi connectivity index (χ1) is 8.69. The van der Waals surface area contributed by atoms with E-state index >= 15 is 0 Å². The predicted molar refractivity (Wildman–Crippen MR) is 72.9 cm³/mol. The third-order valence-electron chi connectivity index (χ3n) is 2.32. The van der Waals surface area contributed by atoms with Crippen molar-refractivity contribution in [2.75, 3.05) is 17.3 Å². The lowest BCUT2D eigenvalue weighted by molar-refractivity contribution is 0.742. The summed E-state index contributed by atoms with van der Waals surface area (Å²) in [5, 5.41) is 7.50. The summed E-state index contributed by atoms with van der Waals surface area (Å²) in [6.07, 6.45) is 4.39. The van der Waals surface area contributed by atoms with Crippen LogP contribution in [0, 0.1) is 0 Å². The van der Waals surface area contributed by atoms with E-state index in [2.05, 4.69) is 41.7 Å². The number of hydrogen-bond acceptors (Lipinski definition) is 6. The van der Waals surface area contributed by atoms with E-state index in [-0.39, 0.29) is 0 Å². The number of nitrogen functional groups attached to an aromatic ring is 1. The summed E-state index contributed by atoms with van der Waals surface area (Å²) in [5.74, 6) is 6.34. The second-order valence-electron chi connectivity index (χ2n) is 3.69. The molecule has 0 bridgehead atoms. The number of aromatic nitrogens is 4. The molecule has 8 heteroatoms. The minimum Gasteiger partial charge on any atom is -0.369 e. The Labute approximate surface area is 113 Å². The maximum Gasteiger partial charge on any atom is 0.239 e. The topological polar surface area (TPSA) is 93.7 Å². The Morgan fingerprint density at radius 3 is 3.00 bits per heavy atom. The summed E-state index contributed by atoms with van der Waals surface area (Å²) >= 11 is 3.37. The molecule has 2 aromatic rings. The van der Waals surface area contributed by atoms with E-state index in [9.17, 15) is 0 Å². The van der Waals surface area contributed by atoms with Crippen LogP contribution in [0.1, 0.15) is 5.69 Å². The van der Waals surface area contributed by atoms with Crippen LogP contribution in [0.5, 0.6) is 0 Å². The van der Waals surface area contributed by atoms with Crippen LogP contribution >= 0.6 is 15.9 Å². The Hall–Kier alpha value is -1.67. The number of anilines is 2. The van der Waals surface area contributed by atoms with Gasteiger partial charge in [0.1, 0.15) is 5.82 Å². The van der Waals surface area contributed by atoms with E-state index in [1.807, 2.05) is 19.3 Å². The van der Waals surface area contributed by atoms with Crippen LogP contribution in [0.3, 0.4) is 0 Å². The van der Waals surface area contributed by atoms with Crippen LogP contribution < -0.4 is 16.6 Å². The fourth-order valence-corrected chi connectivity index (χ4v) is 1.80. The number of hydrazine groups is 1. The fourth-order valence-electron chi connectivity index (χ4n) is 1.47. The molecule has 0 aliphatic rings. The zero-order chi connectivity index (χ0) is 13.0. The van der Waals surface area contributed by atoms with Gasteiger partial charge in [-0.2, -0.15) is 10.1 Å². The minimum atomic E-state index is 0.374. The monoisotopic (exact) mass is 311 g/mol. The molecule has 0 saturated heterocycles. The van der Waals surface area contributed by atoms with Crippen LogP contribution in [0.4, 0.5) is 11.8 Å². The van der Waals surface area contributed by atoms with Crippen molar-refractivity contribution >= 4 is 27.7 Å². The largest absolute Gasteiger partial charge is 0.369 e. The van der Waals surface area contributed by atoms with Crippen molar-refractivity contribution < 1.29 is 0 Å². The van der Waals surface area contributed by atoms with Crippen molar-refractivity contribution in [3.05, 3.63) is 28.6 Å². The van der Waals surface area contributed by atoms with Crippen LogP contribution in [-0.4, -0.2) is 26.3 Å². The Balaban J connectivity index is 1.93. The summed E-state index contributed by atoms with van der Waals surface area (Å²) in [5.41, 5.74) is 3.44. The molecule has 0 aromatic carbocycles. The average molecular weight is 312 g/mol. The fraction of sp³-hybridized carbons (Fsp3) is 0.300. The van der Waals surface area contributed by atoms with Crippen molar-refractivity contribution in [2.24, 2.45) is 12.9 Å². The average Bonchev–Trinajstić information content (AvgIpc) is 2.77. The maximum absolute atomic E-state index is 5.26. The lowest BCUT2D eigenvalue weighted by Crippen LogP contribution is -2.13. The Bertz CT molecular complexity index is 525. The normalized spacial score (nSPS) is 10.4. The lowest BCUT2D eigenvalue weighted by atomic mass is 10.3. The number of nitrogens with two attached hydrogens (primary N) is 1. The number of nitrogens with one attached hydrogen (secondary N) is 2. The van der Waals surface area contributed by atoms with Gasteiger partial charge in [-0.3, -0.25) is 10.1 Å². The van der Waals surface area contributed by atoms with Gasteiger partial charge in [-0.1, -0.05) is 0 Å². The first kappa shape index (κ1) is 12.8. The van der Waals surface area contributed by atoms with Gasteiger partial charge in [-0.05, 0) is 22.0 Å². The third kappa shape index (κ3) is 3.17. The molecule has 18 heavy (non-hydrogen) atoms. The second-order valence-corrected chi connectivity index (χ2v) is 4.55. The molecule has 96 valence electrons. The van der Waals surface area contributed by atoms with Gasteiger partial charge in [0.05, 0.1) is 10.2 Å². The van der Waals surface area contributed by atoms with Gasteiger partial charge in [-0.15, -0.1) is 0 Å². The van der Waals surface area contributed by atoms with E-state index < -0.39 is 0 Å². The van der Waals surface area contributed by atoms with Gasteiger partial charge in [0.2, 0.25) is 5.95 Å².